The second-order valence-electron chi connectivity index (χ2n) is 3.90. The summed E-state index contributed by atoms with van der Waals surface area (Å²) in [6.07, 6.45) is 0. The molecule has 4 nitrogen and oxygen atoms in total. The molecule has 0 unspecified atom stereocenters. The molecular weight excluding hydrogens is 224 g/mol. The molecule has 0 amide bonds. The maximum atomic E-state index is 10.8. The van der Waals surface area contributed by atoms with Gasteiger partial charge in [-0.15, -0.1) is 0 Å². The molecule has 0 heterocycles. The Morgan fingerprint density at radius 1 is 1.38 bits per heavy atom. The predicted octanol–water partition coefficient (Wildman–Crippen LogP) is 0.934. The highest BCUT2D eigenvalue weighted by Gasteiger charge is 2.08. The summed E-state index contributed by atoms with van der Waals surface area (Å²) in [5.41, 5.74) is 2.37. The van der Waals surface area contributed by atoms with Gasteiger partial charge < -0.3 is 5.32 Å². The van der Waals surface area contributed by atoms with Gasteiger partial charge in [0.1, 0.15) is 0 Å². The van der Waals surface area contributed by atoms with E-state index in [0.29, 0.717) is 6.54 Å². The quantitative estimate of drug-likeness (QED) is 0.807. The zero-order valence-corrected chi connectivity index (χ0v) is 10.4. The van der Waals surface area contributed by atoms with E-state index in [1.165, 1.54) is 11.1 Å². The first-order chi connectivity index (χ1) is 7.40. The molecule has 0 aliphatic heterocycles. The minimum atomic E-state index is -3.37. The van der Waals surface area contributed by atoms with Crippen molar-refractivity contribution in [2.75, 3.05) is 12.3 Å². The van der Waals surface area contributed by atoms with Crippen molar-refractivity contribution in [3.63, 3.8) is 0 Å². The third-order valence-electron chi connectivity index (χ3n) is 2.49. The Kier molecular flexibility index (Phi) is 4.46. The van der Waals surface area contributed by atoms with Crippen molar-refractivity contribution in [3.05, 3.63) is 35.4 Å². The van der Waals surface area contributed by atoms with Gasteiger partial charge in [-0.3, -0.25) is 0 Å². The predicted molar refractivity (Wildman–Crippen MR) is 65.6 cm³/mol. The van der Waals surface area contributed by atoms with Gasteiger partial charge >= 0.3 is 0 Å². The van der Waals surface area contributed by atoms with Crippen LogP contribution in [0, 0.1) is 6.92 Å². The normalized spacial score (nSPS) is 13.7. The number of primary sulfonamides is 1. The van der Waals surface area contributed by atoms with Crippen LogP contribution in [-0.2, 0) is 10.0 Å². The van der Waals surface area contributed by atoms with E-state index in [-0.39, 0.29) is 11.8 Å². The van der Waals surface area contributed by atoms with Gasteiger partial charge in [0.2, 0.25) is 10.0 Å². The zero-order valence-electron chi connectivity index (χ0n) is 9.60. The third-order valence-corrected chi connectivity index (χ3v) is 3.27. The Hall–Kier alpha value is -0.910. The van der Waals surface area contributed by atoms with Gasteiger partial charge in [0, 0.05) is 12.6 Å². The fourth-order valence-electron chi connectivity index (χ4n) is 1.60. The molecule has 90 valence electrons. The Balaban J connectivity index is 2.54. The topological polar surface area (TPSA) is 72.2 Å². The second-order valence-corrected chi connectivity index (χ2v) is 5.63. The summed E-state index contributed by atoms with van der Waals surface area (Å²) in [4.78, 5) is 0. The molecule has 1 aromatic rings. The second kappa shape index (κ2) is 5.43. The largest absolute Gasteiger partial charge is 0.309 e. The average Bonchev–Trinajstić information content (AvgIpc) is 2.16. The van der Waals surface area contributed by atoms with Crippen LogP contribution in [0.5, 0.6) is 0 Å². The van der Waals surface area contributed by atoms with Crippen LogP contribution in [0.2, 0.25) is 0 Å². The summed E-state index contributed by atoms with van der Waals surface area (Å²) >= 11 is 0. The summed E-state index contributed by atoms with van der Waals surface area (Å²) in [6.45, 7) is 4.41. The molecule has 0 saturated carbocycles. The van der Waals surface area contributed by atoms with Gasteiger partial charge in [-0.05, 0) is 25.0 Å². The molecule has 1 aromatic carbocycles. The first-order valence-electron chi connectivity index (χ1n) is 5.19. The fraction of sp³-hybridized carbons (Fsp3) is 0.455. The first-order valence-corrected chi connectivity index (χ1v) is 6.91. The van der Waals surface area contributed by atoms with Crippen LogP contribution in [0.1, 0.15) is 24.1 Å². The number of hydrogen-bond acceptors (Lipinski definition) is 3. The van der Waals surface area contributed by atoms with Crippen molar-refractivity contribution in [2.45, 2.75) is 19.9 Å². The van der Waals surface area contributed by atoms with Crippen molar-refractivity contribution < 1.29 is 8.42 Å². The summed E-state index contributed by atoms with van der Waals surface area (Å²) in [5, 5.41) is 8.06. The Labute approximate surface area is 96.9 Å². The van der Waals surface area contributed by atoms with Crippen LogP contribution in [0.25, 0.3) is 0 Å². The highest BCUT2D eigenvalue weighted by atomic mass is 32.2. The molecule has 1 atom stereocenters. The molecule has 0 saturated heterocycles. The van der Waals surface area contributed by atoms with E-state index >= 15 is 0 Å². The fourth-order valence-corrected chi connectivity index (χ4v) is 2.00. The van der Waals surface area contributed by atoms with Crippen molar-refractivity contribution in [1.82, 2.24) is 5.32 Å². The summed E-state index contributed by atoms with van der Waals surface area (Å²) in [7, 11) is -3.37. The van der Waals surface area contributed by atoms with Gasteiger partial charge in [0.15, 0.2) is 0 Å². The van der Waals surface area contributed by atoms with Gasteiger partial charge in [0.25, 0.3) is 0 Å². The van der Waals surface area contributed by atoms with Crippen molar-refractivity contribution in [2.24, 2.45) is 5.14 Å². The van der Waals surface area contributed by atoms with E-state index in [0.717, 1.165) is 0 Å². The number of nitrogens with one attached hydrogen (secondary N) is 1. The first kappa shape index (κ1) is 13.2. The Morgan fingerprint density at radius 3 is 2.56 bits per heavy atom. The van der Waals surface area contributed by atoms with Crippen LogP contribution >= 0.6 is 0 Å². The van der Waals surface area contributed by atoms with E-state index in [2.05, 4.69) is 5.32 Å². The monoisotopic (exact) mass is 242 g/mol. The molecule has 0 spiro atoms. The number of hydrogen-bond donors (Lipinski definition) is 2. The minimum Gasteiger partial charge on any atom is -0.309 e. The third kappa shape index (κ3) is 4.30. The molecule has 0 radical (unpaired) electrons. The van der Waals surface area contributed by atoms with E-state index in [9.17, 15) is 8.42 Å². The minimum absolute atomic E-state index is 0.0385. The number of rotatable bonds is 5. The highest BCUT2D eigenvalue weighted by molar-refractivity contribution is 7.89. The smallest absolute Gasteiger partial charge is 0.210 e. The molecule has 5 heteroatoms. The Morgan fingerprint density at radius 2 is 2.00 bits per heavy atom. The van der Waals surface area contributed by atoms with Crippen LogP contribution < -0.4 is 10.5 Å². The highest BCUT2D eigenvalue weighted by Crippen LogP contribution is 2.15. The number of nitrogens with two attached hydrogens (primary N) is 1. The molecule has 0 aromatic heterocycles. The van der Waals surface area contributed by atoms with Crippen LogP contribution in [0.15, 0.2) is 24.3 Å². The zero-order chi connectivity index (χ0) is 12.2. The lowest BCUT2D eigenvalue weighted by Gasteiger charge is -2.15. The summed E-state index contributed by atoms with van der Waals surface area (Å²) in [5.74, 6) is -0.0385. The van der Waals surface area contributed by atoms with Gasteiger partial charge in [-0.25, -0.2) is 13.6 Å². The Bertz CT molecular complexity index is 443. The number of aryl methyl sites for hydroxylation is 1. The van der Waals surface area contributed by atoms with Crippen molar-refractivity contribution in [3.8, 4) is 0 Å². The summed E-state index contributed by atoms with van der Waals surface area (Å²) < 4.78 is 21.5. The lowest BCUT2D eigenvalue weighted by molar-refractivity contribution is 0.572. The van der Waals surface area contributed by atoms with E-state index in [1.807, 2.05) is 38.1 Å². The molecule has 0 fully saturated rings. The van der Waals surface area contributed by atoms with E-state index < -0.39 is 10.0 Å². The van der Waals surface area contributed by atoms with Gasteiger partial charge in [-0.1, -0.05) is 24.3 Å². The van der Waals surface area contributed by atoms with Crippen LogP contribution in [0.4, 0.5) is 0 Å². The summed E-state index contributed by atoms with van der Waals surface area (Å²) in [6, 6.07) is 8.15. The van der Waals surface area contributed by atoms with Crippen LogP contribution in [0.3, 0.4) is 0 Å². The van der Waals surface area contributed by atoms with Gasteiger partial charge in [-0.2, -0.15) is 0 Å². The molecule has 0 aliphatic rings. The van der Waals surface area contributed by atoms with Crippen LogP contribution in [-0.4, -0.2) is 20.7 Å². The lowest BCUT2D eigenvalue weighted by Crippen LogP contribution is -2.29. The molecule has 16 heavy (non-hydrogen) atoms. The van der Waals surface area contributed by atoms with Gasteiger partial charge in [0.05, 0.1) is 5.75 Å². The lowest BCUT2D eigenvalue weighted by atomic mass is 10.0. The standard InChI is InChI=1S/C11H18N2O2S/c1-9-5-3-4-6-11(9)10(2)13-7-8-16(12,14)15/h3-6,10,13H,7-8H2,1-2H3,(H2,12,14,15)/t10-/m0/s1. The molecule has 3 N–H and O–H groups in total. The van der Waals surface area contributed by atoms with E-state index in [4.69, 9.17) is 5.14 Å². The molecule has 1 rings (SSSR count). The van der Waals surface area contributed by atoms with E-state index in [1.54, 1.807) is 0 Å². The van der Waals surface area contributed by atoms with Crippen molar-refractivity contribution in [1.29, 1.82) is 0 Å². The molecule has 0 bridgehead atoms. The molecule has 0 aliphatic carbocycles. The van der Waals surface area contributed by atoms with Crippen molar-refractivity contribution >= 4 is 10.0 Å². The maximum absolute atomic E-state index is 10.8. The average molecular weight is 242 g/mol. The maximum Gasteiger partial charge on any atom is 0.210 e. The number of benzene rings is 1. The number of sulfonamides is 1. The SMILES string of the molecule is Cc1ccccc1[C@H](C)NCCS(N)(=O)=O. The molecular formula is C11H18N2O2S.